The van der Waals surface area contributed by atoms with Gasteiger partial charge in [-0.1, -0.05) is 23.9 Å². The van der Waals surface area contributed by atoms with Crippen LogP contribution < -0.4 is 14.8 Å². The summed E-state index contributed by atoms with van der Waals surface area (Å²) < 4.78 is 10.8. The maximum atomic E-state index is 13.0. The van der Waals surface area contributed by atoms with Crippen molar-refractivity contribution in [2.24, 2.45) is 4.99 Å². The number of amidine groups is 1. The summed E-state index contributed by atoms with van der Waals surface area (Å²) in [5, 5.41) is 3.06. The molecular weight excluding hydrogens is 492 g/mol. The number of carbonyl (C=O) groups excluding carboxylic acids is 3. The SMILES string of the molecule is COc1cccc(CN(C)C(=O)c2ccc(NC(=O)C[C@@H]3SC(N4CCCCC4)=NC3=O)cc2)c1OC. The zero-order valence-electron chi connectivity index (χ0n) is 21.4. The predicted molar refractivity (Wildman–Crippen MR) is 144 cm³/mol. The van der Waals surface area contributed by atoms with E-state index < -0.39 is 5.25 Å². The quantitative estimate of drug-likeness (QED) is 0.561. The minimum atomic E-state index is -0.500. The van der Waals surface area contributed by atoms with Crippen LogP contribution in [0, 0.1) is 0 Å². The smallest absolute Gasteiger partial charge is 0.262 e. The van der Waals surface area contributed by atoms with Crippen LogP contribution in [-0.2, 0) is 16.1 Å². The molecule has 0 aliphatic carbocycles. The molecule has 1 N–H and O–H groups in total. The highest BCUT2D eigenvalue weighted by Crippen LogP contribution is 2.32. The number of piperidine rings is 1. The summed E-state index contributed by atoms with van der Waals surface area (Å²) in [5.74, 6) is 0.515. The van der Waals surface area contributed by atoms with Crippen LogP contribution >= 0.6 is 11.8 Å². The summed E-state index contributed by atoms with van der Waals surface area (Å²) in [6, 6.07) is 12.3. The monoisotopic (exact) mass is 524 g/mol. The molecule has 2 aliphatic rings. The van der Waals surface area contributed by atoms with Gasteiger partial charge in [0, 0.05) is 49.9 Å². The number of nitrogens with one attached hydrogen (secondary N) is 1. The molecule has 0 radical (unpaired) electrons. The van der Waals surface area contributed by atoms with Crippen LogP contribution in [0.2, 0.25) is 0 Å². The third-order valence-corrected chi connectivity index (χ3v) is 7.59. The van der Waals surface area contributed by atoms with E-state index in [0.717, 1.165) is 36.7 Å². The van der Waals surface area contributed by atoms with E-state index in [9.17, 15) is 14.4 Å². The summed E-state index contributed by atoms with van der Waals surface area (Å²) in [6.45, 7) is 2.16. The van der Waals surface area contributed by atoms with E-state index in [1.165, 1.54) is 18.2 Å². The Hall–Kier alpha value is -3.53. The van der Waals surface area contributed by atoms with Gasteiger partial charge in [-0.25, -0.2) is 0 Å². The Bertz CT molecular complexity index is 1180. The van der Waals surface area contributed by atoms with Crippen molar-refractivity contribution in [2.75, 3.05) is 39.7 Å². The van der Waals surface area contributed by atoms with E-state index in [0.29, 0.717) is 29.3 Å². The second-order valence-corrected chi connectivity index (χ2v) is 10.2. The number of likely N-dealkylation sites (tertiary alicyclic amines) is 1. The fourth-order valence-corrected chi connectivity index (χ4v) is 5.55. The average molecular weight is 525 g/mol. The highest BCUT2D eigenvalue weighted by atomic mass is 32.2. The number of amides is 3. The number of aliphatic imine (C=N–C) groups is 1. The third-order valence-electron chi connectivity index (χ3n) is 6.38. The van der Waals surface area contributed by atoms with Crippen molar-refractivity contribution in [1.82, 2.24) is 9.80 Å². The van der Waals surface area contributed by atoms with Crippen molar-refractivity contribution in [2.45, 2.75) is 37.5 Å². The van der Waals surface area contributed by atoms with E-state index in [1.54, 1.807) is 56.5 Å². The van der Waals surface area contributed by atoms with Crippen LogP contribution in [-0.4, -0.2) is 72.3 Å². The second-order valence-electron chi connectivity index (χ2n) is 9.03. The fraction of sp³-hybridized carbons (Fsp3) is 0.407. The summed E-state index contributed by atoms with van der Waals surface area (Å²) in [4.78, 5) is 45.8. The predicted octanol–water partition coefficient (Wildman–Crippen LogP) is 3.79. The van der Waals surface area contributed by atoms with Gasteiger partial charge in [0.05, 0.1) is 14.2 Å². The Balaban J connectivity index is 1.30. The van der Waals surface area contributed by atoms with E-state index in [4.69, 9.17) is 9.47 Å². The standard InChI is InChI=1S/C27H32N4O5S/c1-30(17-19-8-7-9-21(35-2)24(19)36-3)26(34)18-10-12-20(13-11-18)28-23(32)16-22-25(33)29-27(37-22)31-14-5-4-6-15-31/h7-13,22H,4-6,14-17H2,1-3H3,(H,28,32)/t22-/m0/s1. The van der Waals surface area contributed by atoms with Gasteiger partial charge in [0.15, 0.2) is 16.7 Å². The number of hydrogen-bond acceptors (Lipinski definition) is 7. The number of rotatable bonds is 8. The number of carbonyl (C=O) groups is 3. The van der Waals surface area contributed by atoms with Crippen molar-refractivity contribution < 1.29 is 23.9 Å². The van der Waals surface area contributed by atoms with E-state index in [1.807, 2.05) is 12.1 Å². The molecule has 1 atom stereocenters. The minimum absolute atomic E-state index is 0.0517. The molecule has 0 unspecified atom stereocenters. The van der Waals surface area contributed by atoms with Crippen molar-refractivity contribution >= 4 is 40.3 Å². The van der Waals surface area contributed by atoms with E-state index >= 15 is 0 Å². The first-order valence-corrected chi connectivity index (χ1v) is 13.2. The van der Waals surface area contributed by atoms with Crippen molar-refractivity contribution in [1.29, 1.82) is 0 Å². The molecule has 10 heteroatoms. The van der Waals surface area contributed by atoms with Crippen LogP contribution in [0.25, 0.3) is 0 Å². The number of thioether (sulfide) groups is 1. The normalized spacial score (nSPS) is 17.3. The Morgan fingerprint density at radius 3 is 2.49 bits per heavy atom. The molecule has 1 fully saturated rings. The summed E-state index contributed by atoms with van der Waals surface area (Å²) in [7, 11) is 4.85. The zero-order chi connectivity index (χ0) is 26.4. The van der Waals surface area contributed by atoms with Crippen LogP contribution in [0.15, 0.2) is 47.5 Å². The molecule has 0 aromatic heterocycles. The van der Waals surface area contributed by atoms with Gasteiger partial charge in [0.25, 0.3) is 11.8 Å². The van der Waals surface area contributed by atoms with Gasteiger partial charge in [-0.2, -0.15) is 4.99 Å². The van der Waals surface area contributed by atoms with Crippen molar-refractivity contribution in [3.05, 3.63) is 53.6 Å². The molecule has 37 heavy (non-hydrogen) atoms. The molecule has 2 aliphatic heterocycles. The van der Waals surface area contributed by atoms with Gasteiger partial charge in [-0.05, 0) is 49.6 Å². The summed E-state index contributed by atoms with van der Waals surface area (Å²) in [6.07, 6.45) is 3.45. The van der Waals surface area contributed by atoms with Gasteiger partial charge in [0.1, 0.15) is 5.25 Å². The maximum Gasteiger partial charge on any atom is 0.262 e. The van der Waals surface area contributed by atoms with Crippen LogP contribution in [0.5, 0.6) is 11.5 Å². The third kappa shape index (κ3) is 6.43. The first kappa shape index (κ1) is 26.5. The molecule has 2 aromatic carbocycles. The van der Waals surface area contributed by atoms with Gasteiger partial charge in [-0.15, -0.1) is 0 Å². The Kier molecular flexibility index (Phi) is 8.70. The molecule has 2 heterocycles. The van der Waals surface area contributed by atoms with E-state index in [-0.39, 0.29) is 24.1 Å². The Morgan fingerprint density at radius 2 is 1.81 bits per heavy atom. The number of nitrogens with zero attached hydrogens (tertiary/aromatic N) is 3. The molecule has 1 saturated heterocycles. The number of para-hydroxylation sites is 1. The molecule has 196 valence electrons. The molecule has 4 rings (SSSR count). The van der Waals surface area contributed by atoms with Gasteiger partial charge in [-0.3, -0.25) is 14.4 Å². The number of methoxy groups -OCH3 is 2. The molecular formula is C27H32N4O5S. The highest BCUT2D eigenvalue weighted by Gasteiger charge is 2.33. The van der Waals surface area contributed by atoms with E-state index in [2.05, 4.69) is 15.2 Å². The van der Waals surface area contributed by atoms with Crippen LogP contribution in [0.1, 0.15) is 41.6 Å². The number of ether oxygens (including phenoxy) is 2. The maximum absolute atomic E-state index is 13.0. The summed E-state index contributed by atoms with van der Waals surface area (Å²) in [5.41, 5.74) is 1.88. The molecule has 9 nitrogen and oxygen atoms in total. The molecule has 2 aromatic rings. The summed E-state index contributed by atoms with van der Waals surface area (Å²) >= 11 is 1.38. The highest BCUT2D eigenvalue weighted by molar-refractivity contribution is 8.15. The lowest BCUT2D eigenvalue weighted by molar-refractivity contribution is -0.121. The van der Waals surface area contributed by atoms with Crippen LogP contribution in [0.4, 0.5) is 5.69 Å². The topological polar surface area (TPSA) is 101 Å². The molecule has 0 spiro atoms. The largest absolute Gasteiger partial charge is 0.493 e. The molecule has 0 bridgehead atoms. The molecule has 3 amide bonds. The van der Waals surface area contributed by atoms with Crippen molar-refractivity contribution in [3.63, 3.8) is 0 Å². The lowest BCUT2D eigenvalue weighted by atomic mass is 10.1. The zero-order valence-corrected chi connectivity index (χ0v) is 22.2. The van der Waals surface area contributed by atoms with Gasteiger partial charge in [0.2, 0.25) is 5.91 Å². The van der Waals surface area contributed by atoms with Gasteiger partial charge >= 0.3 is 0 Å². The number of hydrogen-bond donors (Lipinski definition) is 1. The average Bonchev–Trinajstić information content (AvgIpc) is 3.28. The van der Waals surface area contributed by atoms with Crippen molar-refractivity contribution in [3.8, 4) is 11.5 Å². The lowest BCUT2D eigenvalue weighted by Gasteiger charge is -2.27. The van der Waals surface area contributed by atoms with Crippen LogP contribution in [0.3, 0.4) is 0 Å². The number of benzene rings is 2. The Morgan fingerprint density at radius 1 is 1.08 bits per heavy atom. The first-order chi connectivity index (χ1) is 17.9. The lowest BCUT2D eigenvalue weighted by Crippen LogP contribution is -2.33. The molecule has 0 saturated carbocycles. The minimum Gasteiger partial charge on any atom is -0.493 e. The Labute approximate surface area is 221 Å². The number of anilines is 1. The van der Waals surface area contributed by atoms with Gasteiger partial charge < -0.3 is 24.6 Å². The first-order valence-electron chi connectivity index (χ1n) is 12.3. The second kappa shape index (κ2) is 12.1. The fourth-order valence-electron chi connectivity index (χ4n) is 4.43.